The van der Waals surface area contributed by atoms with E-state index in [2.05, 4.69) is 9.97 Å². The lowest BCUT2D eigenvalue weighted by atomic mass is 10.2. The van der Waals surface area contributed by atoms with Crippen LogP contribution in [0, 0.1) is 6.92 Å². The van der Waals surface area contributed by atoms with Gasteiger partial charge in [-0.25, -0.2) is 9.78 Å². The van der Waals surface area contributed by atoms with Crippen molar-refractivity contribution in [1.82, 2.24) is 9.97 Å². The molecule has 0 radical (unpaired) electrons. The molecule has 0 fully saturated rings. The van der Waals surface area contributed by atoms with Crippen LogP contribution in [0.3, 0.4) is 0 Å². The molecule has 5 nitrogen and oxygen atoms in total. The van der Waals surface area contributed by atoms with Crippen molar-refractivity contribution < 1.29 is 9.53 Å². The minimum atomic E-state index is -0.465. The lowest BCUT2D eigenvalue weighted by Crippen LogP contribution is -2.09. The summed E-state index contributed by atoms with van der Waals surface area (Å²) in [5, 5.41) is 1.08. The normalized spacial score (nSPS) is 11.3. The van der Waals surface area contributed by atoms with Gasteiger partial charge in [0.1, 0.15) is 15.5 Å². The van der Waals surface area contributed by atoms with Crippen molar-refractivity contribution in [3.05, 3.63) is 61.5 Å². The number of halogens is 1. The third-order valence-electron chi connectivity index (χ3n) is 3.49. The second kappa shape index (κ2) is 6.59. The Hall–Kier alpha value is -2.44. The molecule has 24 heavy (non-hydrogen) atoms. The molecule has 0 saturated carbocycles. The highest BCUT2D eigenvalue weighted by molar-refractivity contribution is 7.20. The predicted molar refractivity (Wildman–Crippen MR) is 96.7 cm³/mol. The molecular weight excluding hydrogens is 348 g/mol. The lowest BCUT2D eigenvalue weighted by Gasteiger charge is -1.97. The quantitative estimate of drug-likeness (QED) is 0.719. The third kappa shape index (κ3) is 3.11. The minimum Gasteiger partial charge on any atom is -0.465 e. The van der Waals surface area contributed by atoms with Crippen LogP contribution >= 0.6 is 22.9 Å². The number of fused-ring (bicyclic) bond motifs is 1. The second-order valence-electron chi connectivity index (χ2n) is 5.06. The summed E-state index contributed by atoms with van der Waals surface area (Å²) < 4.78 is 4.74. The van der Waals surface area contributed by atoms with E-state index < -0.39 is 5.97 Å². The van der Waals surface area contributed by atoms with Gasteiger partial charge in [-0.1, -0.05) is 29.8 Å². The smallest absolute Gasteiger partial charge is 0.348 e. The van der Waals surface area contributed by atoms with Gasteiger partial charge >= 0.3 is 5.97 Å². The maximum Gasteiger partial charge on any atom is 0.348 e. The lowest BCUT2D eigenvalue weighted by molar-refractivity contribution is 0.0605. The predicted octanol–water partition coefficient (Wildman–Crippen LogP) is 3.90. The van der Waals surface area contributed by atoms with E-state index in [1.54, 1.807) is 25.1 Å². The first-order chi connectivity index (χ1) is 11.5. The van der Waals surface area contributed by atoms with E-state index in [4.69, 9.17) is 16.3 Å². The van der Waals surface area contributed by atoms with Crippen molar-refractivity contribution in [3.8, 4) is 0 Å². The number of thiophene rings is 1. The van der Waals surface area contributed by atoms with E-state index in [0.29, 0.717) is 31.5 Å². The number of aryl methyl sites for hydroxylation is 1. The number of hydrogen-bond donors (Lipinski definition) is 1. The Morgan fingerprint density at radius 1 is 1.29 bits per heavy atom. The van der Waals surface area contributed by atoms with Crippen molar-refractivity contribution in [3.63, 3.8) is 0 Å². The van der Waals surface area contributed by atoms with E-state index >= 15 is 0 Å². The van der Waals surface area contributed by atoms with Crippen LogP contribution in [0.25, 0.3) is 22.4 Å². The van der Waals surface area contributed by atoms with Crippen LogP contribution in [-0.2, 0) is 4.74 Å². The standard InChI is InChI=1S/C17H13ClN2O3S/c1-9-13-15(21)19-12(8-5-10-3-6-11(18)7-4-10)20-16(13)24-14(9)17(22)23-2/h3-8H,1-2H3,(H,19,20,21)/b8-5+. The highest BCUT2D eigenvalue weighted by Gasteiger charge is 2.19. The van der Waals surface area contributed by atoms with Crippen LogP contribution in [0.2, 0.25) is 5.02 Å². The molecule has 0 spiro atoms. The summed E-state index contributed by atoms with van der Waals surface area (Å²) in [6.45, 7) is 1.71. The summed E-state index contributed by atoms with van der Waals surface area (Å²) >= 11 is 7.00. The molecule has 0 bridgehead atoms. The SMILES string of the molecule is COC(=O)c1sc2nc(/C=C/c3ccc(Cl)cc3)[nH]c(=O)c2c1C. The van der Waals surface area contributed by atoms with Crippen molar-refractivity contribution in [2.24, 2.45) is 0 Å². The van der Waals surface area contributed by atoms with E-state index in [1.807, 2.05) is 18.2 Å². The van der Waals surface area contributed by atoms with Gasteiger partial charge in [0, 0.05) is 5.02 Å². The van der Waals surface area contributed by atoms with Gasteiger partial charge in [-0.2, -0.15) is 0 Å². The van der Waals surface area contributed by atoms with Crippen LogP contribution in [0.1, 0.15) is 26.6 Å². The Kier molecular flexibility index (Phi) is 4.51. The molecule has 7 heteroatoms. The van der Waals surface area contributed by atoms with Crippen molar-refractivity contribution in [1.29, 1.82) is 0 Å². The zero-order chi connectivity index (χ0) is 17.3. The highest BCUT2D eigenvalue weighted by Crippen LogP contribution is 2.27. The zero-order valence-electron chi connectivity index (χ0n) is 12.9. The van der Waals surface area contributed by atoms with Crippen molar-refractivity contribution >= 4 is 51.3 Å². The van der Waals surface area contributed by atoms with Crippen LogP contribution in [0.5, 0.6) is 0 Å². The minimum absolute atomic E-state index is 0.278. The van der Waals surface area contributed by atoms with Gasteiger partial charge < -0.3 is 9.72 Å². The molecule has 1 N–H and O–H groups in total. The van der Waals surface area contributed by atoms with E-state index in [9.17, 15) is 9.59 Å². The summed E-state index contributed by atoms with van der Waals surface area (Å²) in [7, 11) is 1.31. The summed E-state index contributed by atoms with van der Waals surface area (Å²) in [4.78, 5) is 32.1. The van der Waals surface area contributed by atoms with Gasteiger partial charge in [-0.15, -0.1) is 11.3 Å². The van der Waals surface area contributed by atoms with Gasteiger partial charge in [0.05, 0.1) is 12.5 Å². The largest absolute Gasteiger partial charge is 0.465 e. The number of carbonyl (C=O) groups excluding carboxylic acids is 1. The number of aromatic amines is 1. The monoisotopic (exact) mass is 360 g/mol. The fourth-order valence-corrected chi connectivity index (χ4v) is 3.51. The summed E-state index contributed by atoms with van der Waals surface area (Å²) in [6, 6.07) is 7.29. The maximum absolute atomic E-state index is 12.3. The van der Waals surface area contributed by atoms with E-state index in [0.717, 1.165) is 16.9 Å². The first kappa shape index (κ1) is 16.4. The highest BCUT2D eigenvalue weighted by atomic mass is 35.5. The molecule has 122 valence electrons. The molecule has 0 aliphatic rings. The molecule has 0 aliphatic heterocycles. The average Bonchev–Trinajstić information content (AvgIpc) is 2.91. The van der Waals surface area contributed by atoms with E-state index in [1.165, 1.54) is 7.11 Å². The topological polar surface area (TPSA) is 72.0 Å². The van der Waals surface area contributed by atoms with Gasteiger partial charge in [-0.3, -0.25) is 4.79 Å². The number of methoxy groups -OCH3 is 1. The van der Waals surface area contributed by atoms with Gasteiger partial charge in [0.25, 0.3) is 5.56 Å². The summed E-state index contributed by atoms with van der Waals surface area (Å²) in [6.07, 6.45) is 3.53. The Bertz CT molecular complexity index is 1000. The van der Waals surface area contributed by atoms with E-state index in [-0.39, 0.29) is 5.56 Å². The Balaban J connectivity index is 2.03. The molecule has 0 saturated heterocycles. The number of rotatable bonds is 3. The van der Waals surface area contributed by atoms with Crippen LogP contribution in [0.4, 0.5) is 0 Å². The average molecular weight is 361 g/mol. The fraction of sp³-hybridized carbons (Fsp3) is 0.118. The Morgan fingerprint density at radius 3 is 2.67 bits per heavy atom. The zero-order valence-corrected chi connectivity index (χ0v) is 14.5. The second-order valence-corrected chi connectivity index (χ2v) is 6.50. The van der Waals surface area contributed by atoms with Crippen LogP contribution in [-0.4, -0.2) is 23.0 Å². The Labute approximate surface area is 146 Å². The number of aromatic nitrogens is 2. The number of ether oxygens (including phenoxy) is 1. The molecule has 2 aromatic heterocycles. The van der Waals surface area contributed by atoms with Gasteiger partial charge in [0.2, 0.25) is 0 Å². The molecule has 1 aromatic carbocycles. The number of carbonyl (C=O) groups is 1. The number of nitrogens with one attached hydrogen (secondary N) is 1. The number of esters is 1. The Morgan fingerprint density at radius 2 is 2.00 bits per heavy atom. The maximum atomic E-state index is 12.3. The number of benzene rings is 1. The summed E-state index contributed by atoms with van der Waals surface area (Å²) in [5.41, 5.74) is 1.24. The number of nitrogens with zero attached hydrogens (tertiary/aromatic N) is 1. The summed E-state index contributed by atoms with van der Waals surface area (Å²) in [5.74, 6) is -0.0479. The molecule has 0 amide bonds. The first-order valence-electron chi connectivity index (χ1n) is 7.05. The van der Waals surface area contributed by atoms with Gasteiger partial charge in [0.15, 0.2) is 0 Å². The van der Waals surface area contributed by atoms with Crippen LogP contribution in [0.15, 0.2) is 29.1 Å². The van der Waals surface area contributed by atoms with Crippen molar-refractivity contribution in [2.45, 2.75) is 6.92 Å². The molecule has 2 heterocycles. The fourth-order valence-electron chi connectivity index (χ4n) is 2.28. The molecule has 0 unspecified atom stereocenters. The molecular formula is C17H13ClN2O3S. The molecule has 3 aromatic rings. The third-order valence-corrected chi connectivity index (χ3v) is 4.91. The van der Waals surface area contributed by atoms with Crippen LogP contribution < -0.4 is 5.56 Å². The van der Waals surface area contributed by atoms with Crippen molar-refractivity contribution in [2.75, 3.05) is 7.11 Å². The number of H-pyrrole nitrogens is 1. The van der Waals surface area contributed by atoms with Gasteiger partial charge in [-0.05, 0) is 36.3 Å². The number of hydrogen-bond acceptors (Lipinski definition) is 5. The first-order valence-corrected chi connectivity index (χ1v) is 8.24. The molecule has 0 aliphatic carbocycles. The molecule has 3 rings (SSSR count). The molecule has 0 atom stereocenters.